The number of hydrogen-bond donors (Lipinski definition) is 0. The van der Waals surface area contributed by atoms with Gasteiger partial charge in [-0.15, -0.1) is 0 Å². The first kappa shape index (κ1) is 16.8. The largest absolute Gasteiger partial charge is 0.489 e. The number of halogens is 4. The Bertz CT molecular complexity index is 709. The van der Waals surface area contributed by atoms with Crippen LogP contribution < -0.4 is 4.74 Å². The van der Waals surface area contributed by atoms with Gasteiger partial charge in [0.2, 0.25) is 0 Å². The second-order valence-corrected chi connectivity index (χ2v) is 7.11. The molecule has 1 saturated carbocycles. The quantitative estimate of drug-likeness (QED) is 0.569. The van der Waals surface area contributed by atoms with Crippen molar-refractivity contribution in [1.29, 1.82) is 0 Å². The first-order valence-electron chi connectivity index (χ1n) is 7.64. The summed E-state index contributed by atoms with van der Waals surface area (Å²) in [5.41, 5.74) is 1.86. The van der Waals surface area contributed by atoms with Crippen LogP contribution in [0.4, 0.5) is 13.2 Å². The summed E-state index contributed by atoms with van der Waals surface area (Å²) in [4.78, 5) is 4.48. The molecule has 3 rings (SSSR count). The Kier molecular flexibility index (Phi) is 4.71. The number of nitrogens with zero attached hydrogens (tertiary/aromatic N) is 1. The Morgan fingerprint density at radius 3 is 2.43 bits per heavy atom. The van der Waals surface area contributed by atoms with Gasteiger partial charge in [-0.25, -0.2) is 0 Å². The predicted molar refractivity (Wildman–Crippen MR) is 91.6 cm³/mol. The van der Waals surface area contributed by atoms with Crippen molar-refractivity contribution in [3.8, 4) is 5.75 Å². The lowest BCUT2D eigenvalue weighted by atomic mass is 9.87. The van der Waals surface area contributed by atoms with Crippen LogP contribution in [-0.4, -0.2) is 17.3 Å². The van der Waals surface area contributed by atoms with E-state index in [0.717, 1.165) is 25.9 Å². The number of ether oxygens (including phenoxy) is 1. The minimum atomic E-state index is -4.08. The van der Waals surface area contributed by atoms with E-state index in [1.54, 1.807) is 0 Å². The molecule has 1 aliphatic rings. The summed E-state index contributed by atoms with van der Waals surface area (Å²) in [6, 6.07) is 7.73. The molecule has 1 heterocycles. The lowest BCUT2D eigenvalue weighted by molar-refractivity contribution is -0.185. The molecular weight excluding hydrogens is 418 g/mol. The zero-order valence-corrected chi connectivity index (χ0v) is 14.8. The lowest BCUT2D eigenvalue weighted by Gasteiger charge is -2.30. The van der Waals surface area contributed by atoms with Crippen molar-refractivity contribution in [2.45, 2.75) is 44.9 Å². The van der Waals surface area contributed by atoms with E-state index in [-0.39, 0.29) is 18.9 Å². The maximum atomic E-state index is 12.7. The van der Waals surface area contributed by atoms with E-state index in [1.807, 2.05) is 31.2 Å². The molecule has 0 radical (unpaired) electrons. The number of hydrogen-bond acceptors (Lipinski definition) is 2. The number of benzene rings is 1. The summed E-state index contributed by atoms with van der Waals surface area (Å²) in [6.07, 6.45) is -3.02. The second kappa shape index (κ2) is 6.45. The molecule has 6 heteroatoms. The standard InChI is InChI=1S/C17H17F3INO/c1-10-2-7-13-14(22-10)8-9-15(16(13)21)23-12-5-3-11(4-6-12)17(18,19)20/h2,7-9,11-12H,3-6H2,1H3. The summed E-state index contributed by atoms with van der Waals surface area (Å²) in [6.45, 7) is 1.94. The van der Waals surface area contributed by atoms with Crippen LogP contribution in [0.2, 0.25) is 0 Å². The summed E-state index contributed by atoms with van der Waals surface area (Å²) < 4.78 is 45.1. The summed E-state index contributed by atoms with van der Waals surface area (Å²) >= 11 is 2.22. The minimum absolute atomic E-state index is 0.141. The molecular formula is C17H17F3INO. The van der Waals surface area contributed by atoms with Crippen LogP contribution in [0.3, 0.4) is 0 Å². The fourth-order valence-corrected chi connectivity index (χ4v) is 3.79. The molecule has 0 bridgehead atoms. The molecule has 124 valence electrons. The van der Waals surface area contributed by atoms with Crippen LogP contribution in [0, 0.1) is 16.4 Å². The normalized spacial score (nSPS) is 22.3. The van der Waals surface area contributed by atoms with Crippen molar-refractivity contribution >= 4 is 33.5 Å². The number of aryl methyl sites for hydroxylation is 1. The van der Waals surface area contributed by atoms with Gasteiger partial charge in [0.25, 0.3) is 0 Å². The van der Waals surface area contributed by atoms with E-state index >= 15 is 0 Å². The number of pyridine rings is 1. The van der Waals surface area contributed by atoms with Crippen LogP contribution in [-0.2, 0) is 0 Å². The molecule has 2 aromatic rings. The topological polar surface area (TPSA) is 22.1 Å². The third kappa shape index (κ3) is 3.72. The van der Waals surface area contributed by atoms with Gasteiger partial charge in [0.1, 0.15) is 5.75 Å². The molecule has 23 heavy (non-hydrogen) atoms. The second-order valence-electron chi connectivity index (χ2n) is 6.03. The number of aromatic nitrogens is 1. The van der Waals surface area contributed by atoms with Gasteiger partial charge in [0.15, 0.2) is 0 Å². The van der Waals surface area contributed by atoms with Crippen molar-refractivity contribution in [3.05, 3.63) is 33.5 Å². The van der Waals surface area contributed by atoms with Crippen molar-refractivity contribution in [1.82, 2.24) is 4.98 Å². The molecule has 0 unspecified atom stereocenters. The van der Waals surface area contributed by atoms with Crippen LogP contribution in [0.1, 0.15) is 31.4 Å². The van der Waals surface area contributed by atoms with E-state index < -0.39 is 12.1 Å². The summed E-state index contributed by atoms with van der Waals surface area (Å²) in [5, 5.41) is 1.01. The molecule has 1 fully saturated rings. The highest BCUT2D eigenvalue weighted by Crippen LogP contribution is 2.39. The molecule has 0 spiro atoms. The van der Waals surface area contributed by atoms with Gasteiger partial charge < -0.3 is 4.74 Å². The van der Waals surface area contributed by atoms with Gasteiger partial charge in [0, 0.05) is 11.1 Å². The van der Waals surface area contributed by atoms with Crippen molar-refractivity contribution in [2.75, 3.05) is 0 Å². The first-order chi connectivity index (χ1) is 10.8. The molecule has 0 aliphatic heterocycles. The van der Waals surface area contributed by atoms with E-state index in [2.05, 4.69) is 27.6 Å². The van der Waals surface area contributed by atoms with E-state index in [9.17, 15) is 13.2 Å². The molecule has 0 saturated heterocycles. The Morgan fingerprint density at radius 1 is 1.09 bits per heavy atom. The average Bonchev–Trinajstić information content (AvgIpc) is 2.50. The summed E-state index contributed by atoms with van der Waals surface area (Å²) in [5.74, 6) is -0.440. The van der Waals surface area contributed by atoms with Gasteiger partial charge >= 0.3 is 6.18 Å². The van der Waals surface area contributed by atoms with E-state index in [0.29, 0.717) is 12.8 Å². The maximum Gasteiger partial charge on any atom is 0.391 e. The molecule has 1 aromatic carbocycles. The van der Waals surface area contributed by atoms with Crippen LogP contribution >= 0.6 is 22.6 Å². The zero-order chi connectivity index (χ0) is 16.6. The van der Waals surface area contributed by atoms with E-state index in [1.165, 1.54) is 0 Å². The van der Waals surface area contributed by atoms with Gasteiger partial charge in [-0.2, -0.15) is 13.2 Å². The van der Waals surface area contributed by atoms with E-state index in [4.69, 9.17) is 4.74 Å². The molecule has 0 amide bonds. The Morgan fingerprint density at radius 2 is 1.78 bits per heavy atom. The van der Waals surface area contributed by atoms with Crippen LogP contribution in [0.15, 0.2) is 24.3 Å². The third-order valence-electron chi connectivity index (χ3n) is 4.34. The number of fused-ring (bicyclic) bond motifs is 1. The SMILES string of the molecule is Cc1ccc2c(I)c(OC3CCC(C(F)(F)F)CC3)ccc2n1. The van der Waals surface area contributed by atoms with Gasteiger partial charge in [-0.1, -0.05) is 0 Å². The zero-order valence-electron chi connectivity index (χ0n) is 12.7. The molecule has 2 nitrogen and oxygen atoms in total. The van der Waals surface area contributed by atoms with Gasteiger partial charge in [-0.05, 0) is 79.5 Å². The third-order valence-corrected chi connectivity index (χ3v) is 5.45. The minimum Gasteiger partial charge on any atom is -0.489 e. The number of rotatable bonds is 2. The highest BCUT2D eigenvalue weighted by Gasteiger charge is 2.41. The Balaban J connectivity index is 1.73. The number of alkyl halides is 3. The maximum absolute atomic E-state index is 12.7. The monoisotopic (exact) mass is 435 g/mol. The smallest absolute Gasteiger partial charge is 0.391 e. The highest BCUT2D eigenvalue weighted by molar-refractivity contribution is 14.1. The summed E-state index contributed by atoms with van der Waals surface area (Å²) in [7, 11) is 0. The van der Waals surface area contributed by atoms with Crippen molar-refractivity contribution in [2.24, 2.45) is 5.92 Å². The Labute approximate surface area is 146 Å². The fourth-order valence-electron chi connectivity index (χ4n) is 3.03. The average molecular weight is 435 g/mol. The molecule has 1 aliphatic carbocycles. The lowest BCUT2D eigenvalue weighted by Crippen LogP contribution is -2.32. The van der Waals surface area contributed by atoms with Gasteiger partial charge in [-0.3, -0.25) is 4.98 Å². The van der Waals surface area contributed by atoms with Crippen molar-refractivity contribution in [3.63, 3.8) is 0 Å². The Hall–Kier alpha value is -1.05. The first-order valence-corrected chi connectivity index (χ1v) is 8.71. The highest BCUT2D eigenvalue weighted by atomic mass is 127. The van der Waals surface area contributed by atoms with Crippen LogP contribution in [0.25, 0.3) is 10.9 Å². The molecule has 0 atom stereocenters. The van der Waals surface area contributed by atoms with Crippen molar-refractivity contribution < 1.29 is 17.9 Å². The predicted octanol–water partition coefficient (Wildman–Crippen LogP) is 5.65. The fraction of sp³-hybridized carbons (Fsp3) is 0.471. The molecule has 0 N–H and O–H groups in total. The van der Waals surface area contributed by atoms with Gasteiger partial charge in [0.05, 0.1) is 21.1 Å². The molecule has 1 aromatic heterocycles. The van der Waals surface area contributed by atoms with Crippen LogP contribution in [0.5, 0.6) is 5.75 Å².